The van der Waals surface area contributed by atoms with E-state index in [2.05, 4.69) is 60.6 Å². The van der Waals surface area contributed by atoms with Crippen LogP contribution in [-0.2, 0) is 10.2 Å². The summed E-state index contributed by atoms with van der Waals surface area (Å²) in [4.78, 5) is 0. The molecule has 0 saturated heterocycles. The molecule has 0 N–H and O–H groups in total. The van der Waals surface area contributed by atoms with Crippen LogP contribution in [0.5, 0.6) is 0 Å². The largest absolute Gasteiger partial charge is 0.500 e. The van der Waals surface area contributed by atoms with Crippen LogP contribution in [0, 0.1) is 0 Å². The van der Waals surface area contributed by atoms with Crippen LogP contribution >= 0.6 is 15.9 Å². The first-order chi connectivity index (χ1) is 8.52. The van der Waals surface area contributed by atoms with Crippen molar-refractivity contribution in [2.75, 3.05) is 6.61 Å². The van der Waals surface area contributed by atoms with Crippen molar-refractivity contribution < 1.29 is 4.74 Å². The highest BCUT2D eigenvalue weighted by molar-refractivity contribution is 9.10. The standard InChI is InChI=1S/C16H19BrO/c1-12(2)8-16(9-13(3)10-18-11-16)14-4-6-15(17)7-5-14/h4-7,10H,1,8-9,11H2,2-3H3/t16-/m1/s1. The van der Waals surface area contributed by atoms with E-state index in [9.17, 15) is 0 Å². The van der Waals surface area contributed by atoms with Gasteiger partial charge in [0, 0.05) is 9.89 Å². The zero-order valence-electron chi connectivity index (χ0n) is 11.0. The maximum atomic E-state index is 5.67. The second-order valence-electron chi connectivity index (χ2n) is 5.37. The molecule has 0 fully saturated rings. The molecule has 0 spiro atoms. The molecule has 0 radical (unpaired) electrons. The highest BCUT2D eigenvalue weighted by Crippen LogP contribution is 2.40. The Morgan fingerprint density at radius 1 is 1.39 bits per heavy atom. The van der Waals surface area contributed by atoms with Crippen molar-refractivity contribution in [1.82, 2.24) is 0 Å². The number of hydrogen-bond donors (Lipinski definition) is 0. The monoisotopic (exact) mass is 306 g/mol. The molecule has 2 heteroatoms. The van der Waals surface area contributed by atoms with Gasteiger partial charge in [-0.25, -0.2) is 0 Å². The van der Waals surface area contributed by atoms with Gasteiger partial charge in [0.2, 0.25) is 0 Å². The summed E-state index contributed by atoms with van der Waals surface area (Å²) in [5.41, 5.74) is 3.88. The number of hydrogen-bond acceptors (Lipinski definition) is 1. The lowest BCUT2D eigenvalue weighted by atomic mass is 9.71. The molecule has 1 aromatic carbocycles. The molecule has 0 aliphatic carbocycles. The summed E-state index contributed by atoms with van der Waals surface area (Å²) < 4.78 is 6.78. The minimum atomic E-state index is 0.0470. The van der Waals surface area contributed by atoms with Crippen LogP contribution in [0.1, 0.15) is 32.3 Å². The summed E-state index contributed by atoms with van der Waals surface area (Å²) in [5.74, 6) is 0. The number of halogens is 1. The third-order valence-electron chi connectivity index (χ3n) is 3.36. The van der Waals surface area contributed by atoms with Gasteiger partial charge in [-0.2, -0.15) is 0 Å². The van der Waals surface area contributed by atoms with Crippen molar-refractivity contribution in [3.63, 3.8) is 0 Å². The first kappa shape index (κ1) is 13.4. The summed E-state index contributed by atoms with van der Waals surface area (Å²) in [6, 6.07) is 8.58. The van der Waals surface area contributed by atoms with Crippen LogP contribution < -0.4 is 0 Å². The molecule has 0 saturated carbocycles. The van der Waals surface area contributed by atoms with E-state index in [4.69, 9.17) is 4.74 Å². The lowest BCUT2D eigenvalue weighted by molar-refractivity contribution is 0.141. The fourth-order valence-corrected chi connectivity index (χ4v) is 3.02. The fraction of sp³-hybridized carbons (Fsp3) is 0.375. The van der Waals surface area contributed by atoms with Crippen LogP contribution in [-0.4, -0.2) is 6.61 Å². The zero-order valence-corrected chi connectivity index (χ0v) is 12.6. The van der Waals surface area contributed by atoms with E-state index in [1.165, 1.54) is 16.7 Å². The van der Waals surface area contributed by atoms with E-state index in [0.717, 1.165) is 23.9 Å². The van der Waals surface area contributed by atoms with Gasteiger partial charge in [-0.3, -0.25) is 0 Å². The Bertz CT molecular complexity index is 472. The van der Waals surface area contributed by atoms with Gasteiger partial charge in [0.25, 0.3) is 0 Å². The second kappa shape index (κ2) is 5.31. The van der Waals surface area contributed by atoms with Crippen LogP contribution in [0.25, 0.3) is 0 Å². The Kier molecular flexibility index (Phi) is 3.96. The maximum absolute atomic E-state index is 5.67. The lowest BCUT2D eigenvalue weighted by Crippen LogP contribution is -2.34. The van der Waals surface area contributed by atoms with E-state index in [1.54, 1.807) is 0 Å². The fourth-order valence-electron chi connectivity index (χ4n) is 2.75. The summed E-state index contributed by atoms with van der Waals surface area (Å²) in [5, 5.41) is 0. The summed E-state index contributed by atoms with van der Waals surface area (Å²) in [7, 11) is 0. The zero-order chi connectivity index (χ0) is 13.2. The van der Waals surface area contributed by atoms with E-state index in [1.807, 2.05) is 6.26 Å². The summed E-state index contributed by atoms with van der Waals surface area (Å²) in [6.45, 7) is 9.03. The first-order valence-corrected chi connectivity index (χ1v) is 6.99. The number of benzene rings is 1. The average molecular weight is 307 g/mol. The van der Waals surface area contributed by atoms with Gasteiger partial charge in [0.15, 0.2) is 0 Å². The molecule has 0 unspecified atom stereocenters. The highest BCUT2D eigenvalue weighted by Gasteiger charge is 2.35. The Labute approximate surface area is 118 Å². The van der Waals surface area contributed by atoms with Crippen LogP contribution in [0.3, 0.4) is 0 Å². The predicted molar refractivity (Wildman–Crippen MR) is 79.6 cm³/mol. The van der Waals surface area contributed by atoms with Crippen molar-refractivity contribution in [3.05, 3.63) is 58.3 Å². The summed E-state index contributed by atoms with van der Waals surface area (Å²) in [6.07, 6.45) is 3.90. The van der Waals surface area contributed by atoms with Crippen LogP contribution in [0.2, 0.25) is 0 Å². The lowest BCUT2D eigenvalue weighted by Gasteiger charge is -2.37. The molecular weight excluding hydrogens is 288 g/mol. The van der Waals surface area contributed by atoms with Crippen molar-refractivity contribution in [2.45, 2.75) is 32.1 Å². The van der Waals surface area contributed by atoms with Crippen molar-refractivity contribution in [1.29, 1.82) is 0 Å². The molecule has 1 aliphatic rings. The second-order valence-corrected chi connectivity index (χ2v) is 6.29. The topological polar surface area (TPSA) is 9.23 Å². The molecule has 0 aromatic heterocycles. The van der Waals surface area contributed by atoms with Gasteiger partial charge in [0.05, 0.1) is 12.9 Å². The van der Waals surface area contributed by atoms with Crippen LogP contribution in [0.15, 0.2) is 52.7 Å². The Balaban J connectivity index is 2.39. The quantitative estimate of drug-likeness (QED) is 0.716. The number of rotatable bonds is 3. The molecule has 96 valence electrons. The number of ether oxygens (including phenoxy) is 1. The van der Waals surface area contributed by atoms with Gasteiger partial charge in [-0.1, -0.05) is 33.6 Å². The molecule has 1 aliphatic heterocycles. The van der Waals surface area contributed by atoms with Crippen LogP contribution in [0.4, 0.5) is 0 Å². The molecule has 0 amide bonds. The first-order valence-electron chi connectivity index (χ1n) is 6.19. The predicted octanol–water partition coefficient (Wildman–Crippen LogP) is 4.98. The molecule has 1 nitrogen and oxygen atoms in total. The molecular formula is C16H19BrO. The normalized spacial score (nSPS) is 23.2. The Morgan fingerprint density at radius 2 is 2.06 bits per heavy atom. The number of allylic oxidation sites excluding steroid dienone is 2. The molecule has 2 rings (SSSR count). The van der Waals surface area contributed by atoms with Crippen molar-refractivity contribution >= 4 is 15.9 Å². The van der Waals surface area contributed by atoms with Gasteiger partial charge in [-0.05, 0) is 50.0 Å². The Hall–Kier alpha value is -1.02. The molecule has 1 atom stereocenters. The van der Waals surface area contributed by atoms with Gasteiger partial charge in [0.1, 0.15) is 0 Å². The van der Waals surface area contributed by atoms with Gasteiger partial charge < -0.3 is 4.74 Å². The summed E-state index contributed by atoms with van der Waals surface area (Å²) >= 11 is 3.49. The van der Waals surface area contributed by atoms with Crippen molar-refractivity contribution in [3.8, 4) is 0 Å². The van der Waals surface area contributed by atoms with Gasteiger partial charge >= 0.3 is 0 Å². The van der Waals surface area contributed by atoms with Gasteiger partial charge in [-0.15, -0.1) is 6.58 Å². The molecule has 0 bridgehead atoms. The third kappa shape index (κ3) is 2.86. The Morgan fingerprint density at radius 3 is 2.61 bits per heavy atom. The SMILES string of the molecule is C=C(C)C[C@]1(c2ccc(Br)cc2)COC=C(C)C1. The maximum Gasteiger partial charge on any atom is 0.0976 e. The smallest absolute Gasteiger partial charge is 0.0976 e. The van der Waals surface area contributed by atoms with E-state index < -0.39 is 0 Å². The molecule has 1 aromatic rings. The third-order valence-corrected chi connectivity index (χ3v) is 3.89. The average Bonchev–Trinajstić information content (AvgIpc) is 2.28. The highest BCUT2D eigenvalue weighted by atomic mass is 79.9. The molecule has 18 heavy (non-hydrogen) atoms. The molecule has 1 heterocycles. The van der Waals surface area contributed by atoms with Crippen molar-refractivity contribution in [2.24, 2.45) is 0 Å². The van der Waals surface area contributed by atoms with E-state index in [-0.39, 0.29) is 5.41 Å². The minimum absolute atomic E-state index is 0.0470. The van der Waals surface area contributed by atoms with E-state index >= 15 is 0 Å². The van der Waals surface area contributed by atoms with E-state index in [0.29, 0.717) is 0 Å². The minimum Gasteiger partial charge on any atom is -0.500 e.